The maximum atomic E-state index is 13.6. The van der Waals surface area contributed by atoms with Crippen LogP contribution < -0.4 is 11.1 Å². The summed E-state index contributed by atoms with van der Waals surface area (Å²) in [6, 6.07) is 3.07. The lowest BCUT2D eigenvalue weighted by Gasteiger charge is -2.07. The monoisotopic (exact) mass is 262 g/mol. The van der Waals surface area contributed by atoms with Gasteiger partial charge in [-0.3, -0.25) is 0 Å². The molecule has 0 atom stereocenters. The molecule has 2 aromatic heterocycles. The maximum absolute atomic E-state index is 13.6. The van der Waals surface area contributed by atoms with Crippen molar-refractivity contribution in [1.29, 1.82) is 0 Å². The number of nitrogen functional groups attached to an aromatic ring is 1. The first kappa shape index (κ1) is 11.3. The number of hydrogen-bond donors (Lipinski definition) is 3. The fourth-order valence-electron chi connectivity index (χ4n) is 1.66. The van der Waals surface area contributed by atoms with E-state index in [4.69, 9.17) is 5.73 Å². The van der Waals surface area contributed by atoms with Crippen LogP contribution in [-0.4, -0.2) is 19.9 Å². The molecule has 1 aromatic carbocycles. The summed E-state index contributed by atoms with van der Waals surface area (Å²) in [6.07, 6.45) is 1.41. The van der Waals surface area contributed by atoms with Crippen LogP contribution in [-0.2, 0) is 0 Å². The summed E-state index contributed by atoms with van der Waals surface area (Å²) < 4.78 is 26.7. The SMILES string of the molecule is Nc1nc(Nc2cc(F)ccc2F)c2[nH]cnc2n1. The van der Waals surface area contributed by atoms with Crippen molar-refractivity contribution in [3.63, 3.8) is 0 Å². The maximum Gasteiger partial charge on any atom is 0.224 e. The number of aromatic amines is 1. The zero-order valence-electron chi connectivity index (χ0n) is 9.48. The molecule has 0 fully saturated rings. The fraction of sp³-hybridized carbons (Fsp3) is 0. The Morgan fingerprint density at radius 1 is 1.21 bits per heavy atom. The zero-order valence-corrected chi connectivity index (χ0v) is 9.48. The Morgan fingerprint density at radius 2 is 2.05 bits per heavy atom. The van der Waals surface area contributed by atoms with Crippen LogP contribution in [0.4, 0.5) is 26.2 Å². The van der Waals surface area contributed by atoms with Gasteiger partial charge in [0.15, 0.2) is 11.5 Å². The van der Waals surface area contributed by atoms with Gasteiger partial charge in [0.05, 0.1) is 12.0 Å². The number of halogens is 2. The van der Waals surface area contributed by atoms with Crippen molar-refractivity contribution >= 4 is 28.6 Å². The van der Waals surface area contributed by atoms with E-state index in [1.165, 1.54) is 6.33 Å². The topological polar surface area (TPSA) is 92.5 Å². The summed E-state index contributed by atoms with van der Waals surface area (Å²) >= 11 is 0. The zero-order chi connectivity index (χ0) is 13.4. The number of aromatic nitrogens is 4. The summed E-state index contributed by atoms with van der Waals surface area (Å²) in [5, 5.41) is 2.67. The first-order valence-corrected chi connectivity index (χ1v) is 5.32. The highest BCUT2D eigenvalue weighted by atomic mass is 19.1. The third-order valence-corrected chi connectivity index (χ3v) is 2.48. The molecular weight excluding hydrogens is 254 g/mol. The molecule has 3 aromatic rings. The molecule has 0 aliphatic rings. The molecule has 6 nitrogen and oxygen atoms in total. The number of hydrogen-bond acceptors (Lipinski definition) is 5. The minimum Gasteiger partial charge on any atom is -0.368 e. The van der Waals surface area contributed by atoms with Crippen molar-refractivity contribution in [1.82, 2.24) is 19.9 Å². The van der Waals surface area contributed by atoms with Crippen LogP contribution in [0.25, 0.3) is 11.2 Å². The first-order valence-electron chi connectivity index (χ1n) is 5.32. The minimum absolute atomic E-state index is 0.0149. The van der Waals surface area contributed by atoms with Crippen LogP contribution in [0.15, 0.2) is 24.5 Å². The van der Waals surface area contributed by atoms with Crippen molar-refractivity contribution in [2.24, 2.45) is 0 Å². The Balaban J connectivity index is 2.10. The second-order valence-electron chi connectivity index (χ2n) is 3.78. The van der Waals surface area contributed by atoms with Crippen molar-refractivity contribution in [3.05, 3.63) is 36.2 Å². The minimum atomic E-state index is -0.605. The first-order chi connectivity index (χ1) is 9.13. The molecule has 2 heterocycles. The Hall–Kier alpha value is -2.77. The van der Waals surface area contributed by atoms with E-state index >= 15 is 0 Å². The van der Waals surface area contributed by atoms with Crippen molar-refractivity contribution < 1.29 is 8.78 Å². The van der Waals surface area contributed by atoms with Crippen molar-refractivity contribution in [3.8, 4) is 0 Å². The number of nitrogens with one attached hydrogen (secondary N) is 2. The predicted octanol–water partition coefficient (Wildman–Crippen LogP) is 1.96. The molecular formula is C11H8F2N6. The number of fused-ring (bicyclic) bond motifs is 1. The van der Waals surface area contributed by atoms with Gasteiger partial charge in [0.25, 0.3) is 0 Å². The number of imidazole rings is 1. The van der Waals surface area contributed by atoms with Crippen molar-refractivity contribution in [2.75, 3.05) is 11.1 Å². The van der Waals surface area contributed by atoms with E-state index in [0.717, 1.165) is 18.2 Å². The second-order valence-corrected chi connectivity index (χ2v) is 3.78. The molecule has 0 saturated carbocycles. The van der Waals surface area contributed by atoms with E-state index in [9.17, 15) is 8.78 Å². The highest BCUT2D eigenvalue weighted by Gasteiger charge is 2.11. The molecule has 0 amide bonds. The lowest BCUT2D eigenvalue weighted by molar-refractivity contribution is 0.603. The Labute approximate surface area is 105 Å². The number of nitrogens with zero attached hydrogens (tertiary/aromatic N) is 3. The average Bonchev–Trinajstić information content (AvgIpc) is 2.82. The normalized spacial score (nSPS) is 10.8. The third-order valence-electron chi connectivity index (χ3n) is 2.48. The van der Waals surface area contributed by atoms with Crippen molar-refractivity contribution in [2.45, 2.75) is 0 Å². The molecule has 0 saturated heterocycles. The molecule has 0 aliphatic heterocycles. The molecule has 19 heavy (non-hydrogen) atoms. The Kier molecular flexibility index (Phi) is 2.48. The van der Waals surface area contributed by atoms with Gasteiger partial charge >= 0.3 is 0 Å². The number of H-pyrrole nitrogens is 1. The fourth-order valence-corrected chi connectivity index (χ4v) is 1.66. The van der Waals surface area contributed by atoms with E-state index in [2.05, 4.69) is 25.3 Å². The largest absolute Gasteiger partial charge is 0.368 e. The summed E-state index contributed by atoms with van der Waals surface area (Å²) in [5.41, 5.74) is 6.27. The summed E-state index contributed by atoms with van der Waals surface area (Å²) in [6.45, 7) is 0. The lowest BCUT2D eigenvalue weighted by atomic mass is 10.3. The van der Waals surface area contributed by atoms with Crippen LogP contribution in [0.2, 0.25) is 0 Å². The Bertz CT molecular complexity index is 754. The van der Waals surface area contributed by atoms with E-state index in [-0.39, 0.29) is 17.5 Å². The quantitative estimate of drug-likeness (QED) is 0.656. The molecule has 4 N–H and O–H groups in total. The number of benzene rings is 1. The van der Waals surface area contributed by atoms with E-state index in [1.807, 2.05) is 0 Å². The lowest BCUT2D eigenvalue weighted by Crippen LogP contribution is -2.02. The van der Waals surface area contributed by atoms with Gasteiger partial charge in [-0.2, -0.15) is 9.97 Å². The van der Waals surface area contributed by atoms with Gasteiger partial charge in [-0.1, -0.05) is 0 Å². The van der Waals surface area contributed by atoms with Crippen LogP contribution >= 0.6 is 0 Å². The predicted molar refractivity (Wildman–Crippen MR) is 65.7 cm³/mol. The van der Waals surface area contributed by atoms with Gasteiger partial charge < -0.3 is 16.0 Å². The smallest absolute Gasteiger partial charge is 0.224 e. The number of anilines is 3. The second kappa shape index (κ2) is 4.16. The third kappa shape index (κ3) is 2.03. The molecule has 0 aliphatic carbocycles. The van der Waals surface area contributed by atoms with Gasteiger partial charge in [-0.05, 0) is 12.1 Å². The van der Waals surface area contributed by atoms with Crippen LogP contribution in [0.1, 0.15) is 0 Å². The molecule has 8 heteroatoms. The van der Waals surface area contributed by atoms with Gasteiger partial charge in [0.1, 0.15) is 17.2 Å². The molecule has 0 spiro atoms. The van der Waals surface area contributed by atoms with Crippen LogP contribution in [0.5, 0.6) is 0 Å². The van der Waals surface area contributed by atoms with Gasteiger partial charge in [-0.15, -0.1) is 0 Å². The van der Waals surface area contributed by atoms with Gasteiger partial charge in [0.2, 0.25) is 5.95 Å². The average molecular weight is 262 g/mol. The molecule has 96 valence electrons. The summed E-state index contributed by atoms with van der Waals surface area (Å²) in [7, 11) is 0. The highest BCUT2D eigenvalue weighted by molar-refractivity contribution is 5.85. The molecule has 0 unspecified atom stereocenters. The molecule has 0 radical (unpaired) electrons. The van der Waals surface area contributed by atoms with E-state index in [0.29, 0.717) is 11.2 Å². The molecule has 0 bridgehead atoms. The molecule has 3 rings (SSSR count). The summed E-state index contributed by atoms with van der Waals surface area (Å²) in [5.74, 6) is -0.957. The highest BCUT2D eigenvalue weighted by Crippen LogP contribution is 2.24. The summed E-state index contributed by atoms with van der Waals surface area (Å²) in [4.78, 5) is 14.6. The van der Waals surface area contributed by atoms with Gasteiger partial charge in [0, 0.05) is 6.07 Å². The number of rotatable bonds is 2. The van der Waals surface area contributed by atoms with Crippen LogP contribution in [0, 0.1) is 11.6 Å². The Morgan fingerprint density at radius 3 is 2.89 bits per heavy atom. The van der Waals surface area contributed by atoms with E-state index in [1.54, 1.807) is 0 Å². The number of nitrogens with two attached hydrogens (primary N) is 1. The van der Waals surface area contributed by atoms with Gasteiger partial charge in [-0.25, -0.2) is 13.8 Å². The van der Waals surface area contributed by atoms with E-state index < -0.39 is 11.6 Å². The van der Waals surface area contributed by atoms with Crippen LogP contribution in [0.3, 0.4) is 0 Å². The standard InChI is InChI=1S/C11H8F2N6/c12-5-1-2-6(13)7(3-5)17-10-8-9(16-4-15-8)18-11(14)19-10/h1-4H,(H4,14,15,16,17,18,19).